The van der Waals surface area contributed by atoms with Gasteiger partial charge in [-0.25, -0.2) is 9.18 Å². The van der Waals surface area contributed by atoms with Crippen LogP contribution in [0.25, 0.3) is 6.08 Å². The Morgan fingerprint density at radius 2 is 1.96 bits per heavy atom. The largest absolute Gasteiger partial charge is 0.449 e. The smallest absolute Gasteiger partial charge is 0.331 e. The van der Waals surface area contributed by atoms with Gasteiger partial charge in [-0.05, 0) is 43.7 Å². The molecule has 2 aromatic carbocycles. The molecule has 0 saturated carbocycles. The predicted molar refractivity (Wildman–Crippen MR) is 95.8 cm³/mol. The molecule has 25 heavy (non-hydrogen) atoms. The minimum absolute atomic E-state index is 0.256. The number of benzene rings is 2. The third-order valence-electron chi connectivity index (χ3n) is 3.42. The molecule has 0 fully saturated rings. The minimum Gasteiger partial charge on any atom is -0.449 e. The van der Waals surface area contributed by atoms with Gasteiger partial charge in [-0.3, -0.25) is 4.79 Å². The Morgan fingerprint density at radius 3 is 2.68 bits per heavy atom. The summed E-state index contributed by atoms with van der Waals surface area (Å²) in [5, 5.41) is 3.14. The van der Waals surface area contributed by atoms with E-state index in [1.54, 1.807) is 30.3 Å². The van der Waals surface area contributed by atoms with Crippen LogP contribution in [0, 0.1) is 12.7 Å². The van der Waals surface area contributed by atoms with Crippen molar-refractivity contribution in [3.8, 4) is 0 Å². The average molecular weight is 362 g/mol. The van der Waals surface area contributed by atoms with Crippen LogP contribution in [0.1, 0.15) is 18.1 Å². The lowest BCUT2D eigenvalue weighted by Crippen LogP contribution is -2.29. The molecule has 0 heterocycles. The SMILES string of the molecule is Cc1ccc(Cl)cc1NC(=O)[C@H](C)OC(=O)/C=C/c1ccccc1F. The number of carbonyl (C=O) groups is 2. The van der Waals surface area contributed by atoms with E-state index in [0.29, 0.717) is 10.7 Å². The fourth-order valence-corrected chi connectivity index (χ4v) is 2.17. The molecule has 0 aliphatic heterocycles. The van der Waals surface area contributed by atoms with E-state index >= 15 is 0 Å². The molecule has 130 valence electrons. The van der Waals surface area contributed by atoms with Crippen molar-refractivity contribution in [3.63, 3.8) is 0 Å². The molecule has 0 radical (unpaired) electrons. The number of halogens is 2. The van der Waals surface area contributed by atoms with Crippen LogP contribution in [0.5, 0.6) is 0 Å². The van der Waals surface area contributed by atoms with E-state index in [2.05, 4.69) is 5.32 Å². The minimum atomic E-state index is -1.02. The van der Waals surface area contributed by atoms with Crippen LogP contribution in [0.3, 0.4) is 0 Å². The highest BCUT2D eigenvalue weighted by molar-refractivity contribution is 6.31. The van der Waals surface area contributed by atoms with Gasteiger partial charge in [0.25, 0.3) is 5.91 Å². The maximum atomic E-state index is 13.5. The summed E-state index contributed by atoms with van der Waals surface area (Å²) in [4.78, 5) is 23.9. The maximum absolute atomic E-state index is 13.5. The highest BCUT2D eigenvalue weighted by Gasteiger charge is 2.17. The number of amides is 1. The molecular weight excluding hydrogens is 345 g/mol. The van der Waals surface area contributed by atoms with Gasteiger partial charge in [0.05, 0.1) is 0 Å². The van der Waals surface area contributed by atoms with E-state index in [1.165, 1.54) is 25.1 Å². The molecule has 1 N–H and O–H groups in total. The van der Waals surface area contributed by atoms with Gasteiger partial charge < -0.3 is 10.1 Å². The van der Waals surface area contributed by atoms with Crippen molar-refractivity contribution >= 4 is 35.2 Å². The molecular formula is C19H17ClFNO3. The molecule has 1 amide bonds. The van der Waals surface area contributed by atoms with Crippen LogP contribution < -0.4 is 5.32 Å². The van der Waals surface area contributed by atoms with Crippen LogP contribution in [0.4, 0.5) is 10.1 Å². The standard InChI is InChI=1S/C19H17ClFNO3/c1-12-7-9-15(20)11-17(12)22-19(24)13(2)25-18(23)10-8-14-5-3-4-6-16(14)21/h3-11,13H,1-2H3,(H,22,24)/b10-8+/t13-/m0/s1. The first kappa shape index (κ1) is 18.7. The highest BCUT2D eigenvalue weighted by Crippen LogP contribution is 2.20. The summed E-state index contributed by atoms with van der Waals surface area (Å²) in [7, 11) is 0. The van der Waals surface area contributed by atoms with Crippen LogP contribution in [-0.4, -0.2) is 18.0 Å². The van der Waals surface area contributed by atoms with Gasteiger partial charge in [0.2, 0.25) is 0 Å². The van der Waals surface area contributed by atoms with Crippen molar-refractivity contribution in [3.05, 3.63) is 70.5 Å². The van der Waals surface area contributed by atoms with Crippen LogP contribution in [0.15, 0.2) is 48.5 Å². The van der Waals surface area contributed by atoms with Gasteiger partial charge in [-0.2, -0.15) is 0 Å². The van der Waals surface area contributed by atoms with E-state index in [1.807, 2.05) is 6.92 Å². The molecule has 0 aromatic heterocycles. The molecule has 4 nitrogen and oxygen atoms in total. The van der Waals surface area contributed by atoms with Gasteiger partial charge in [0.1, 0.15) is 5.82 Å². The number of hydrogen-bond acceptors (Lipinski definition) is 3. The van der Waals surface area contributed by atoms with E-state index in [-0.39, 0.29) is 5.56 Å². The molecule has 0 bridgehead atoms. The molecule has 0 unspecified atom stereocenters. The molecule has 1 atom stereocenters. The summed E-state index contributed by atoms with van der Waals surface area (Å²) in [6, 6.07) is 11.1. The number of esters is 1. The molecule has 0 aliphatic rings. The lowest BCUT2D eigenvalue weighted by atomic mass is 10.2. The Hall–Kier alpha value is -2.66. The molecule has 0 aliphatic carbocycles. The Kier molecular flexibility index (Phi) is 6.31. The zero-order valence-corrected chi connectivity index (χ0v) is 14.5. The number of anilines is 1. The molecule has 0 saturated heterocycles. The van der Waals surface area contributed by atoms with Crippen LogP contribution >= 0.6 is 11.6 Å². The van der Waals surface area contributed by atoms with Gasteiger partial charge in [-0.15, -0.1) is 0 Å². The molecule has 6 heteroatoms. The molecule has 0 spiro atoms. The van der Waals surface area contributed by atoms with Gasteiger partial charge in [-0.1, -0.05) is 35.9 Å². The van der Waals surface area contributed by atoms with E-state index in [9.17, 15) is 14.0 Å². The van der Waals surface area contributed by atoms with Gasteiger partial charge in [0.15, 0.2) is 6.10 Å². The lowest BCUT2D eigenvalue weighted by Gasteiger charge is -2.14. The monoisotopic (exact) mass is 361 g/mol. The second-order valence-electron chi connectivity index (χ2n) is 5.38. The van der Waals surface area contributed by atoms with Gasteiger partial charge in [0, 0.05) is 22.3 Å². The van der Waals surface area contributed by atoms with Crippen LogP contribution in [0.2, 0.25) is 5.02 Å². The fourth-order valence-electron chi connectivity index (χ4n) is 2.00. The maximum Gasteiger partial charge on any atom is 0.331 e. The van der Waals surface area contributed by atoms with Crippen molar-refractivity contribution in [2.24, 2.45) is 0 Å². The van der Waals surface area contributed by atoms with E-state index in [0.717, 1.165) is 11.6 Å². The topological polar surface area (TPSA) is 55.4 Å². The fraction of sp³-hybridized carbons (Fsp3) is 0.158. The highest BCUT2D eigenvalue weighted by atomic mass is 35.5. The lowest BCUT2D eigenvalue weighted by molar-refractivity contribution is -0.148. The Balaban J connectivity index is 1.95. The quantitative estimate of drug-likeness (QED) is 0.635. The van der Waals surface area contributed by atoms with Crippen molar-refractivity contribution in [2.45, 2.75) is 20.0 Å². The second kappa shape index (κ2) is 8.44. The number of carbonyl (C=O) groups excluding carboxylic acids is 2. The van der Waals surface area contributed by atoms with Crippen molar-refractivity contribution in [2.75, 3.05) is 5.32 Å². The zero-order valence-electron chi connectivity index (χ0n) is 13.8. The summed E-state index contributed by atoms with van der Waals surface area (Å²) in [5.74, 6) is -1.68. The number of rotatable bonds is 5. The zero-order chi connectivity index (χ0) is 18.4. The molecule has 2 rings (SSSR count). The Bertz CT molecular complexity index is 820. The summed E-state index contributed by atoms with van der Waals surface area (Å²) >= 11 is 5.90. The third kappa shape index (κ3) is 5.43. The summed E-state index contributed by atoms with van der Waals surface area (Å²) in [6.45, 7) is 3.27. The second-order valence-corrected chi connectivity index (χ2v) is 5.82. The number of aryl methyl sites for hydroxylation is 1. The summed E-state index contributed by atoms with van der Waals surface area (Å²) in [6.07, 6.45) is 1.35. The normalized spacial score (nSPS) is 12.0. The predicted octanol–water partition coefficient (Wildman–Crippen LogP) is 4.37. The van der Waals surface area contributed by atoms with Crippen LogP contribution in [-0.2, 0) is 14.3 Å². The number of ether oxygens (including phenoxy) is 1. The first-order chi connectivity index (χ1) is 11.9. The average Bonchev–Trinajstić information content (AvgIpc) is 2.57. The third-order valence-corrected chi connectivity index (χ3v) is 3.66. The summed E-state index contributed by atoms with van der Waals surface area (Å²) in [5.41, 5.74) is 1.63. The first-order valence-electron chi connectivity index (χ1n) is 7.57. The molecule has 2 aromatic rings. The number of hydrogen-bond donors (Lipinski definition) is 1. The Morgan fingerprint density at radius 1 is 1.24 bits per heavy atom. The van der Waals surface area contributed by atoms with Gasteiger partial charge >= 0.3 is 5.97 Å². The summed E-state index contributed by atoms with van der Waals surface area (Å²) < 4.78 is 18.5. The first-order valence-corrected chi connectivity index (χ1v) is 7.95. The van der Waals surface area contributed by atoms with E-state index in [4.69, 9.17) is 16.3 Å². The van der Waals surface area contributed by atoms with Crippen molar-refractivity contribution in [1.82, 2.24) is 0 Å². The number of nitrogens with one attached hydrogen (secondary N) is 1. The Labute approximate surface area is 150 Å². The van der Waals surface area contributed by atoms with Crippen molar-refractivity contribution in [1.29, 1.82) is 0 Å². The van der Waals surface area contributed by atoms with E-state index < -0.39 is 23.8 Å². The van der Waals surface area contributed by atoms with Crippen molar-refractivity contribution < 1.29 is 18.7 Å².